The summed E-state index contributed by atoms with van der Waals surface area (Å²) >= 11 is 0. The third-order valence-electron chi connectivity index (χ3n) is 6.32. The third kappa shape index (κ3) is 8.44. The number of aromatic carboxylic acids is 1. The summed E-state index contributed by atoms with van der Waals surface area (Å²) in [6.45, 7) is 4.33. The second-order valence-corrected chi connectivity index (χ2v) is 11.3. The highest BCUT2D eigenvalue weighted by Crippen LogP contribution is 2.19. The van der Waals surface area contributed by atoms with Gasteiger partial charge in [0.1, 0.15) is 5.82 Å². The number of amides is 2. The highest BCUT2D eigenvalue weighted by atomic mass is 32.2. The molecule has 0 radical (unpaired) electrons. The molecule has 0 spiro atoms. The molecule has 3 aromatic rings. The predicted molar refractivity (Wildman–Crippen MR) is 147 cm³/mol. The Labute approximate surface area is 232 Å². The van der Waals surface area contributed by atoms with Crippen molar-refractivity contribution in [1.82, 2.24) is 15.0 Å². The van der Waals surface area contributed by atoms with Crippen LogP contribution in [0.3, 0.4) is 0 Å². The van der Waals surface area contributed by atoms with E-state index in [0.29, 0.717) is 24.0 Å². The van der Waals surface area contributed by atoms with Crippen LogP contribution >= 0.6 is 0 Å². The number of nitrogens with one attached hydrogen (secondary N) is 2. The Morgan fingerprint density at radius 3 is 2.30 bits per heavy atom. The Hall–Kier alpha value is -4.12. The Bertz CT molecular complexity index is 1460. The van der Waals surface area contributed by atoms with Crippen LogP contribution in [-0.2, 0) is 22.9 Å². The van der Waals surface area contributed by atoms with Gasteiger partial charge in [0.05, 0.1) is 10.5 Å². The fraction of sp³-hybridized carbons (Fsp3) is 0.310. The van der Waals surface area contributed by atoms with E-state index < -0.39 is 27.7 Å². The molecule has 1 unspecified atom stereocenters. The van der Waals surface area contributed by atoms with Crippen molar-refractivity contribution in [3.8, 4) is 0 Å². The first-order valence-electron chi connectivity index (χ1n) is 12.9. The maximum atomic E-state index is 13.0. The van der Waals surface area contributed by atoms with Gasteiger partial charge < -0.3 is 10.4 Å². The van der Waals surface area contributed by atoms with E-state index in [4.69, 9.17) is 0 Å². The van der Waals surface area contributed by atoms with Crippen molar-refractivity contribution in [2.24, 2.45) is 5.92 Å². The van der Waals surface area contributed by atoms with E-state index in [1.54, 1.807) is 12.1 Å². The SMILES string of the molecule is CCCCC(C)Cc1cc(C(=O)NS(=O)(=O)c2ccc(CCNC(=O)c3ccc(F)cc3)cc2)cnc1C(=O)O. The van der Waals surface area contributed by atoms with Crippen LogP contribution in [0.15, 0.2) is 65.7 Å². The molecular formula is C29H32FN3O6S. The number of pyridine rings is 1. The first-order chi connectivity index (χ1) is 19.0. The van der Waals surface area contributed by atoms with Crippen LogP contribution in [0, 0.1) is 11.7 Å². The zero-order valence-electron chi connectivity index (χ0n) is 22.3. The molecule has 1 aromatic heterocycles. The number of nitrogens with zero attached hydrogens (tertiary/aromatic N) is 1. The standard InChI is InChI=1S/C29H32FN3O6S/c1-3-4-5-19(2)16-22-17-23(18-32-26(22)29(36)37)28(35)33-40(38,39)25-12-6-20(7-13-25)14-15-31-27(34)21-8-10-24(30)11-9-21/h6-13,17-19H,3-5,14-16H2,1-2H3,(H,31,34)(H,33,35)(H,36,37). The number of sulfonamides is 1. The molecule has 1 heterocycles. The predicted octanol–water partition coefficient (Wildman–Crippen LogP) is 4.38. The normalized spacial score (nSPS) is 12.0. The lowest BCUT2D eigenvalue weighted by Gasteiger charge is -2.14. The highest BCUT2D eigenvalue weighted by Gasteiger charge is 2.22. The van der Waals surface area contributed by atoms with Crippen LogP contribution in [0.1, 0.15) is 75.4 Å². The smallest absolute Gasteiger partial charge is 0.354 e. The Morgan fingerprint density at radius 2 is 1.68 bits per heavy atom. The lowest BCUT2D eigenvalue weighted by atomic mass is 9.94. The number of hydrogen-bond donors (Lipinski definition) is 3. The van der Waals surface area contributed by atoms with Gasteiger partial charge in [0.15, 0.2) is 5.69 Å². The van der Waals surface area contributed by atoms with Gasteiger partial charge in [0.2, 0.25) is 0 Å². The second kappa shape index (κ2) is 13.8. The maximum Gasteiger partial charge on any atom is 0.354 e. The number of carbonyl (C=O) groups is 3. The Kier molecular flexibility index (Phi) is 10.5. The third-order valence-corrected chi connectivity index (χ3v) is 7.66. The number of hydrogen-bond acceptors (Lipinski definition) is 6. The molecule has 40 heavy (non-hydrogen) atoms. The number of carbonyl (C=O) groups excluding carboxylic acids is 2. The number of carboxylic acids is 1. The summed E-state index contributed by atoms with van der Waals surface area (Å²) in [7, 11) is -4.22. The minimum Gasteiger partial charge on any atom is -0.477 e. The fourth-order valence-corrected chi connectivity index (χ4v) is 5.09. The summed E-state index contributed by atoms with van der Waals surface area (Å²) < 4.78 is 40.7. The lowest BCUT2D eigenvalue weighted by molar-refractivity contribution is 0.0687. The van der Waals surface area contributed by atoms with Gasteiger partial charge >= 0.3 is 5.97 Å². The molecule has 0 fully saturated rings. The molecule has 2 aromatic carbocycles. The van der Waals surface area contributed by atoms with Crippen molar-refractivity contribution in [2.75, 3.05) is 6.54 Å². The average Bonchev–Trinajstić information content (AvgIpc) is 2.92. The molecule has 0 saturated heterocycles. The second-order valence-electron chi connectivity index (χ2n) is 9.58. The molecule has 3 rings (SSSR count). The summed E-state index contributed by atoms with van der Waals surface area (Å²) in [5.41, 5.74) is 1.23. The zero-order chi connectivity index (χ0) is 29.3. The van der Waals surface area contributed by atoms with Crippen LogP contribution in [0.4, 0.5) is 4.39 Å². The summed E-state index contributed by atoms with van der Waals surface area (Å²) in [5.74, 6) is -2.76. The molecule has 212 valence electrons. The summed E-state index contributed by atoms with van der Waals surface area (Å²) in [6, 6.07) is 12.4. The van der Waals surface area contributed by atoms with Gasteiger partial charge in [0.25, 0.3) is 21.8 Å². The largest absolute Gasteiger partial charge is 0.477 e. The minimum atomic E-state index is -4.22. The van der Waals surface area contributed by atoms with Gasteiger partial charge in [-0.3, -0.25) is 9.59 Å². The van der Waals surface area contributed by atoms with Crippen LogP contribution in [0.5, 0.6) is 0 Å². The molecule has 1 atom stereocenters. The minimum absolute atomic E-state index is 0.0558. The van der Waals surface area contributed by atoms with Crippen LogP contribution in [0.2, 0.25) is 0 Å². The zero-order valence-corrected chi connectivity index (χ0v) is 23.1. The van der Waals surface area contributed by atoms with Crippen molar-refractivity contribution < 1.29 is 32.3 Å². The van der Waals surface area contributed by atoms with E-state index in [2.05, 4.69) is 17.2 Å². The van der Waals surface area contributed by atoms with Gasteiger partial charge in [-0.05, 0) is 72.4 Å². The van der Waals surface area contributed by atoms with E-state index >= 15 is 0 Å². The number of rotatable bonds is 13. The van der Waals surface area contributed by atoms with Gasteiger partial charge in [0, 0.05) is 18.3 Å². The first kappa shape index (κ1) is 30.4. The molecule has 0 aliphatic rings. The van der Waals surface area contributed by atoms with E-state index in [1.165, 1.54) is 42.5 Å². The molecule has 3 N–H and O–H groups in total. The van der Waals surface area contributed by atoms with E-state index in [9.17, 15) is 32.3 Å². The van der Waals surface area contributed by atoms with E-state index in [0.717, 1.165) is 31.0 Å². The molecule has 0 aliphatic carbocycles. The van der Waals surface area contributed by atoms with E-state index in [1.807, 2.05) is 11.6 Å². The van der Waals surface area contributed by atoms with Crippen molar-refractivity contribution in [1.29, 1.82) is 0 Å². The number of benzene rings is 2. The van der Waals surface area contributed by atoms with Crippen molar-refractivity contribution >= 4 is 27.8 Å². The monoisotopic (exact) mass is 569 g/mol. The van der Waals surface area contributed by atoms with Gasteiger partial charge in [-0.1, -0.05) is 45.2 Å². The quantitative estimate of drug-likeness (QED) is 0.277. The first-order valence-corrected chi connectivity index (χ1v) is 14.4. The number of unbranched alkanes of at least 4 members (excludes halogenated alkanes) is 1. The molecule has 0 aliphatic heterocycles. The number of aromatic nitrogens is 1. The van der Waals surface area contributed by atoms with E-state index in [-0.39, 0.29) is 34.5 Å². The number of carboxylic acid groups (broad SMARTS) is 1. The highest BCUT2D eigenvalue weighted by molar-refractivity contribution is 7.90. The average molecular weight is 570 g/mol. The van der Waals surface area contributed by atoms with Crippen molar-refractivity contribution in [3.05, 3.63) is 94.6 Å². The summed E-state index contributed by atoms with van der Waals surface area (Å²) in [4.78, 5) is 40.3. The van der Waals surface area contributed by atoms with Crippen molar-refractivity contribution in [3.63, 3.8) is 0 Å². The molecule has 11 heteroatoms. The Balaban J connectivity index is 1.63. The fourth-order valence-electron chi connectivity index (χ4n) is 4.11. The lowest BCUT2D eigenvalue weighted by Crippen LogP contribution is -2.31. The number of halogens is 1. The van der Waals surface area contributed by atoms with Crippen LogP contribution in [0.25, 0.3) is 0 Å². The molecular weight excluding hydrogens is 537 g/mol. The van der Waals surface area contributed by atoms with Gasteiger partial charge in [-0.2, -0.15) is 0 Å². The van der Waals surface area contributed by atoms with Crippen LogP contribution < -0.4 is 10.0 Å². The van der Waals surface area contributed by atoms with Gasteiger partial charge in [-0.25, -0.2) is 27.3 Å². The summed E-state index contributed by atoms with van der Waals surface area (Å²) in [5, 5.41) is 12.2. The molecule has 9 nitrogen and oxygen atoms in total. The maximum absolute atomic E-state index is 13.0. The van der Waals surface area contributed by atoms with Gasteiger partial charge in [-0.15, -0.1) is 0 Å². The van der Waals surface area contributed by atoms with Crippen LogP contribution in [-0.4, -0.2) is 42.8 Å². The Morgan fingerprint density at radius 1 is 1.00 bits per heavy atom. The summed E-state index contributed by atoms with van der Waals surface area (Å²) in [6.07, 6.45) is 4.74. The van der Waals surface area contributed by atoms with Crippen molar-refractivity contribution in [2.45, 2.75) is 50.8 Å². The molecule has 2 amide bonds. The molecule has 0 saturated carbocycles. The molecule has 0 bridgehead atoms. The topological polar surface area (TPSA) is 143 Å².